The number of carbonyl (C=O) groups is 2. The van der Waals surface area contributed by atoms with Gasteiger partial charge in [0.15, 0.2) is 0 Å². The summed E-state index contributed by atoms with van der Waals surface area (Å²) in [5.74, 6) is 1.57. The van der Waals surface area contributed by atoms with Crippen molar-refractivity contribution in [2.24, 2.45) is 51.2 Å². The van der Waals surface area contributed by atoms with Crippen LogP contribution in [0.4, 0.5) is 0 Å². The zero-order valence-corrected chi connectivity index (χ0v) is 21.9. The molecule has 1 N–H and O–H groups in total. The number of ketones is 1. The second kappa shape index (κ2) is 7.82. The van der Waals surface area contributed by atoms with Crippen LogP contribution < -0.4 is 0 Å². The maximum atomic E-state index is 13.2. The van der Waals surface area contributed by atoms with Gasteiger partial charge in [0.1, 0.15) is 5.78 Å². The Morgan fingerprint density at radius 3 is 2.21 bits per heavy atom. The molecular weight excluding hydrogens is 408 g/mol. The molecule has 0 amide bonds. The van der Waals surface area contributed by atoms with Crippen LogP contribution in [0.25, 0.3) is 0 Å². The number of aliphatic carboxylic acids is 1. The Bertz CT molecular complexity index is 887. The van der Waals surface area contributed by atoms with Crippen LogP contribution in [0.2, 0.25) is 0 Å². The van der Waals surface area contributed by atoms with Gasteiger partial charge >= 0.3 is 5.97 Å². The molecule has 3 heteroatoms. The summed E-state index contributed by atoms with van der Waals surface area (Å²) in [5.41, 5.74) is 2.67. The summed E-state index contributed by atoms with van der Waals surface area (Å²) in [4.78, 5) is 24.8. The third-order valence-corrected chi connectivity index (χ3v) is 11.9. The van der Waals surface area contributed by atoms with Crippen molar-refractivity contribution in [3.8, 4) is 0 Å². The van der Waals surface area contributed by atoms with E-state index in [1.165, 1.54) is 18.4 Å². The molecule has 0 unspecified atom stereocenters. The maximum absolute atomic E-state index is 13.2. The normalized spacial score (nSPS) is 49.0. The number of fused-ring (bicyclic) bond motifs is 5. The minimum absolute atomic E-state index is 0.0185. The van der Waals surface area contributed by atoms with Gasteiger partial charge < -0.3 is 5.11 Å². The van der Waals surface area contributed by atoms with Crippen LogP contribution in [-0.2, 0) is 9.59 Å². The highest BCUT2D eigenvalue weighted by Gasteiger charge is 2.69. The quantitative estimate of drug-likeness (QED) is 0.438. The summed E-state index contributed by atoms with van der Waals surface area (Å²) < 4.78 is 0. The van der Waals surface area contributed by atoms with Crippen molar-refractivity contribution >= 4 is 11.8 Å². The number of carboxylic acid groups (broad SMARTS) is 1. The summed E-state index contributed by atoms with van der Waals surface area (Å²) in [5, 5.41) is 9.56. The number of Topliss-reactive ketones (excluding diaryl/α,β-unsaturated/α-hetero) is 1. The van der Waals surface area contributed by atoms with Gasteiger partial charge in [0.2, 0.25) is 0 Å². The van der Waals surface area contributed by atoms with E-state index in [-0.39, 0.29) is 34.0 Å². The number of rotatable bonds is 5. The molecule has 9 atom stereocenters. The number of hydrogen-bond donors (Lipinski definition) is 1. The number of carbonyl (C=O) groups excluding carboxylic acids is 1. The van der Waals surface area contributed by atoms with E-state index in [1.807, 2.05) is 0 Å². The predicted octanol–water partition coefficient (Wildman–Crippen LogP) is 7.46. The SMILES string of the molecule is C=C(C)[C@@H]1C(=O)C[C@]2(C)CC[C@]3(C)[C@H](CC[C@@H]4[C@@](C)(CCC(=O)O)[C@H](C(=C)C)CC[C@]43C)[C@@H]12. The van der Waals surface area contributed by atoms with Crippen molar-refractivity contribution in [3.63, 3.8) is 0 Å². The predicted molar refractivity (Wildman–Crippen MR) is 134 cm³/mol. The standard InChI is InChI=1S/C30H46O3/c1-18(2)20-11-14-30(8)23(28(20,6)13-12-24(32)33)10-9-21-26-25(19(3)4)22(31)17-27(26,5)15-16-29(21,30)7/h20-21,23,25-26H,1,3,9-17H2,2,4-8H3,(H,32,33)/t20-,21+,23+,25+,26-,27-,28-,29+,30+/m0/s1. The number of carboxylic acids is 1. The van der Waals surface area contributed by atoms with Crippen molar-refractivity contribution in [3.05, 3.63) is 24.3 Å². The Balaban J connectivity index is 1.77. The van der Waals surface area contributed by atoms with Crippen molar-refractivity contribution in [1.82, 2.24) is 0 Å². The molecule has 0 heterocycles. The molecule has 0 saturated heterocycles. The zero-order valence-electron chi connectivity index (χ0n) is 21.9. The van der Waals surface area contributed by atoms with E-state index in [4.69, 9.17) is 0 Å². The van der Waals surface area contributed by atoms with Crippen LogP contribution in [0.5, 0.6) is 0 Å². The molecule has 4 aliphatic rings. The molecule has 4 aliphatic carbocycles. The average Bonchev–Trinajstić information content (AvgIpc) is 2.97. The molecule has 33 heavy (non-hydrogen) atoms. The summed E-state index contributed by atoms with van der Waals surface area (Å²) in [6.07, 6.45) is 8.56. The van der Waals surface area contributed by atoms with Crippen LogP contribution >= 0.6 is 0 Å². The van der Waals surface area contributed by atoms with Gasteiger partial charge in [-0.1, -0.05) is 52.0 Å². The molecule has 184 valence electrons. The summed E-state index contributed by atoms with van der Waals surface area (Å²) >= 11 is 0. The van der Waals surface area contributed by atoms with E-state index in [9.17, 15) is 14.7 Å². The molecule has 0 aromatic rings. The van der Waals surface area contributed by atoms with Crippen molar-refractivity contribution in [2.45, 2.75) is 99.3 Å². The molecule has 0 aromatic carbocycles. The van der Waals surface area contributed by atoms with Crippen LogP contribution in [0.3, 0.4) is 0 Å². The fraction of sp³-hybridized carbons (Fsp3) is 0.800. The van der Waals surface area contributed by atoms with Crippen molar-refractivity contribution in [2.75, 3.05) is 0 Å². The first-order valence-electron chi connectivity index (χ1n) is 13.3. The van der Waals surface area contributed by atoms with E-state index in [2.05, 4.69) is 54.7 Å². The Labute approximate surface area is 201 Å². The van der Waals surface area contributed by atoms with E-state index in [0.717, 1.165) is 44.1 Å². The fourth-order valence-corrected chi connectivity index (χ4v) is 10.2. The molecule has 0 aliphatic heterocycles. The summed E-state index contributed by atoms with van der Waals surface area (Å²) in [6.45, 7) is 22.7. The van der Waals surface area contributed by atoms with Crippen LogP contribution in [0, 0.1) is 51.2 Å². The van der Waals surface area contributed by atoms with E-state index >= 15 is 0 Å². The van der Waals surface area contributed by atoms with E-state index in [1.54, 1.807) is 0 Å². The molecule has 4 saturated carbocycles. The lowest BCUT2D eigenvalue weighted by Crippen LogP contribution is -2.63. The Morgan fingerprint density at radius 1 is 0.970 bits per heavy atom. The van der Waals surface area contributed by atoms with Crippen LogP contribution in [0.1, 0.15) is 99.3 Å². The van der Waals surface area contributed by atoms with Crippen LogP contribution in [0.15, 0.2) is 24.3 Å². The van der Waals surface area contributed by atoms with Gasteiger partial charge in [-0.3, -0.25) is 9.59 Å². The van der Waals surface area contributed by atoms with E-state index in [0.29, 0.717) is 29.5 Å². The molecule has 0 aromatic heterocycles. The van der Waals surface area contributed by atoms with Gasteiger partial charge in [0, 0.05) is 18.8 Å². The monoisotopic (exact) mass is 454 g/mol. The third kappa shape index (κ3) is 3.34. The molecular formula is C30H46O3. The fourth-order valence-electron chi connectivity index (χ4n) is 10.2. The van der Waals surface area contributed by atoms with Gasteiger partial charge in [-0.05, 0) is 104 Å². The van der Waals surface area contributed by atoms with Crippen LogP contribution in [-0.4, -0.2) is 16.9 Å². The first-order chi connectivity index (χ1) is 15.2. The Hall–Kier alpha value is -1.38. The number of hydrogen-bond acceptors (Lipinski definition) is 2. The largest absolute Gasteiger partial charge is 0.481 e. The third-order valence-electron chi connectivity index (χ3n) is 11.9. The maximum Gasteiger partial charge on any atom is 0.303 e. The summed E-state index contributed by atoms with van der Waals surface area (Å²) in [7, 11) is 0. The smallest absolute Gasteiger partial charge is 0.303 e. The zero-order chi connectivity index (χ0) is 24.6. The lowest BCUT2D eigenvalue weighted by Gasteiger charge is -2.70. The molecule has 0 bridgehead atoms. The van der Waals surface area contributed by atoms with Gasteiger partial charge in [-0.25, -0.2) is 0 Å². The Morgan fingerprint density at radius 2 is 1.64 bits per heavy atom. The van der Waals surface area contributed by atoms with Crippen molar-refractivity contribution < 1.29 is 14.7 Å². The lowest BCUT2D eigenvalue weighted by molar-refractivity contribution is -0.214. The average molecular weight is 455 g/mol. The highest BCUT2D eigenvalue weighted by atomic mass is 16.4. The molecule has 4 fully saturated rings. The lowest BCUT2D eigenvalue weighted by atomic mass is 9.34. The van der Waals surface area contributed by atoms with Gasteiger partial charge in [0.25, 0.3) is 0 Å². The summed E-state index contributed by atoms with van der Waals surface area (Å²) in [6, 6.07) is 0. The molecule has 0 radical (unpaired) electrons. The first kappa shape index (κ1) is 24.7. The second-order valence-corrected chi connectivity index (χ2v) is 13.6. The van der Waals surface area contributed by atoms with E-state index < -0.39 is 5.97 Å². The second-order valence-electron chi connectivity index (χ2n) is 13.6. The molecule has 4 rings (SSSR count). The minimum Gasteiger partial charge on any atom is -0.481 e. The van der Waals surface area contributed by atoms with Crippen molar-refractivity contribution in [1.29, 1.82) is 0 Å². The van der Waals surface area contributed by atoms with Gasteiger partial charge in [-0.15, -0.1) is 0 Å². The first-order valence-corrected chi connectivity index (χ1v) is 13.3. The topological polar surface area (TPSA) is 54.4 Å². The van der Waals surface area contributed by atoms with Gasteiger partial charge in [0.05, 0.1) is 0 Å². The highest BCUT2D eigenvalue weighted by molar-refractivity contribution is 5.87. The number of allylic oxidation sites excluding steroid dienone is 2. The van der Waals surface area contributed by atoms with Gasteiger partial charge in [-0.2, -0.15) is 0 Å². The Kier molecular flexibility index (Phi) is 5.86. The minimum atomic E-state index is -0.689. The highest BCUT2D eigenvalue weighted by Crippen LogP contribution is 2.75. The molecule has 3 nitrogen and oxygen atoms in total. The molecule has 0 spiro atoms.